The lowest BCUT2D eigenvalue weighted by atomic mass is 10.1. The van der Waals surface area contributed by atoms with E-state index in [1.165, 1.54) is 0 Å². The van der Waals surface area contributed by atoms with Gasteiger partial charge in [-0.1, -0.05) is 35.4 Å². The van der Waals surface area contributed by atoms with Crippen molar-refractivity contribution in [1.82, 2.24) is 0 Å². The maximum Gasteiger partial charge on any atom is 0.350 e. The zero-order chi connectivity index (χ0) is 19.1. The molecule has 26 heavy (non-hydrogen) atoms. The van der Waals surface area contributed by atoms with Crippen LogP contribution in [0.3, 0.4) is 0 Å². The van der Waals surface area contributed by atoms with Crippen LogP contribution in [-0.4, -0.2) is 37.7 Å². The van der Waals surface area contributed by atoms with E-state index in [1.54, 1.807) is 48.5 Å². The summed E-state index contributed by atoms with van der Waals surface area (Å²) in [5, 5.41) is 0. The second-order valence-corrected chi connectivity index (χ2v) is 5.75. The smallest absolute Gasteiger partial charge is 0.350 e. The summed E-state index contributed by atoms with van der Waals surface area (Å²) >= 11 is 0. The lowest BCUT2D eigenvalue weighted by Gasteiger charge is -2.16. The van der Waals surface area contributed by atoms with Crippen LogP contribution in [0.2, 0.25) is 0 Å². The lowest BCUT2D eigenvalue weighted by molar-refractivity contribution is -0.153. The SMILES string of the molecule is COC(=O)[C@@H](COC(=O)c1ccc(C)cc1)OC(=O)c1ccc(C)cc1. The van der Waals surface area contributed by atoms with Crippen LogP contribution in [0.25, 0.3) is 0 Å². The maximum atomic E-state index is 12.2. The Bertz CT molecular complexity index is 777. The second-order valence-electron chi connectivity index (χ2n) is 5.75. The van der Waals surface area contributed by atoms with E-state index in [-0.39, 0.29) is 5.56 Å². The molecule has 2 rings (SSSR count). The van der Waals surface area contributed by atoms with Crippen molar-refractivity contribution in [2.45, 2.75) is 20.0 Å². The van der Waals surface area contributed by atoms with Gasteiger partial charge >= 0.3 is 17.9 Å². The zero-order valence-corrected chi connectivity index (χ0v) is 14.9. The standard InChI is InChI=1S/C20H20O6/c1-13-4-8-15(9-5-13)18(21)25-12-17(20(23)24-3)26-19(22)16-10-6-14(2)7-11-16/h4-11,17H,12H2,1-3H3/t17-/m1/s1. The van der Waals surface area contributed by atoms with Gasteiger partial charge in [-0.2, -0.15) is 0 Å². The van der Waals surface area contributed by atoms with Crippen molar-refractivity contribution in [3.8, 4) is 0 Å². The van der Waals surface area contributed by atoms with Crippen molar-refractivity contribution >= 4 is 17.9 Å². The predicted molar refractivity (Wildman–Crippen MR) is 93.9 cm³/mol. The van der Waals surface area contributed by atoms with Gasteiger partial charge in [-0.05, 0) is 38.1 Å². The highest BCUT2D eigenvalue weighted by molar-refractivity contribution is 5.92. The number of ether oxygens (including phenoxy) is 3. The predicted octanol–water partition coefficient (Wildman–Crippen LogP) is 2.86. The summed E-state index contributed by atoms with van der Waals surface area (Å²) in [4.78, 5) is 36.1. The molecule has 6 heteroatoms. The van der Waals surface area contributed by atoms with Crippen molar-refractivity contribution in [2.24, 2.45) is 0 Å². The van der Waals surface area contributed by atoms with Gasteiger partial charge < -0.3 is 14.2 Å². The van der Waals surface area contributed by atoms with Crippen LogP contribution >= 0.6 is 0 Å². The molecule has 2 aromatic rings. The van der Waals surface area contributed by atoms with E-state index < -0.39 is 30.6 Å². The molecule has 0 aliphatic rings. The minimum atomic E-state index is -1.34. The van der Waals surface area contributed by atoms with E-state index in [9.17, 15) is 14.4 Å². The number of aryl methyl sites for hydroxylation is 2. The number of carbonyl (C=O) groups excluding carboxylic acids is 3. The molecule has 0 heterocycles. The third-order valence-corrected chi connectivity index (χ3v) is 3.65. The van der Waals surface area contributed by atoms with Crippen LogP contribution in [-0.2, 0) is 19.0 Å². The van der Waals surface area contributed by atoms with E-state index >= 15 is 0 Å². The van der Waals surface area contributed by atoms with Gasteiger partial charge in [0.1, 0.15) is 6.61 Å². The average molecular weight is 356 g/mol. The van der Waals surface area contributed by atoms with Crippen LogP contribution < -0.4 is 0 Å². The Labute approximate surface area is 151 Å². The first-order chi connectivity index (χ1) is 12.4. The maximum absolute atomic E-state index is 12.2. The van der Waals surface area contributed by atoms with Gasteiger partial charge in [0.2, 0.25) is 6.10 Å². The number of esters is 3. The molecule has 0 fully saturated rings. The topological polar surface area (TPSA) is 78.9 Å². The molecule has 6 nitrogen and oxygen atoms in total. The van der Waals surface area contributed by atoms with Crippen molar-refractivity contribution < 1.29 is 28.6 Å². The second kappa shape index (κ2) is 8.80. The van der Waals surface area contributed by atoms with Gasteiger partial charge in [0.25, 0.3) is 0 Å². The van der Waals surface area contributed by atoms with Crippen molar-refractivity contribution in [3.63, 3.8) is 0 Å². The molecule has 1 atom stereocenters. The first kappa shape index (κ1) is 19.2. The molecule has 2 aromatic carbocycles. The highest BCUT2D eigenvalue weighted by atomic mass is 16.6. The average Bonchev–Trinajstić information content (AvgIpc) is 2.65. The van der Waals surface area contributed by atoms with Crippen LogP contribution in [0.15, 0.2) is 48.5 Å². The Balaban J connectivity index is 2.01. The first-order valence-corrected chi connectivity index (χ1v) is 8.00. The van der Waals surface area contributed by atoms with E-state index in [4.69, 9.17) is 9.47 Å². The monoisotopic (exact) mass is 356 g/mol. The fourth-order valence-electron chi connectivity index (χ4n) is 2.09. The third-order valence-electron chi connectivity index (χ3n) is 3.65. The molecular weight excluding hydrogens is 336 g/mol. The molecule has 0 aliphatic heterocycles. The van der Waals surface area contributed by atoms with Gasteiger partial charge in [0.05, 0.1) is 18.2 Å². The molecule has 136 valence electrons. The first-order valence-electron chi connectivity index (χ1n) is 8.00. The number of benzene rings is 2. The molecule has 0 saturated carbocycles. The molecule has 0 bridgehead atoms. The number of methoxy groups -OCH3 is 1. The molecule has 0 unspecified atom stereocenters. The third kappa shape index (κ3) is 5.17. The number of carbonyl (C=O) groups is 3. The normalized spacial score (nSPS) is 11.3. The fourth-order valence-corrected chi connectivity index (χ4v) is 2.09. The van der Waals surface area contributed by atoms with Gasteiger partial charge in [-0.3, -0.25) is 0 Å². The minimum Gasteiger partial charge on any atom is -0.466 e. The van der Waals surface area contributed by atoms with E-state index in [2.05, 4.69) is 4.74 Å². The number of hydrogen-bond donors (Lipinski definition) is 0. The van der Waals surface area contributed by atoms with Gasteiger partial charge in [0.15, 0.2) is 0 Å². The molecule has 0 radical (unpaired) electrons. The molecule has 0 aliphatic carbocycles. The lowest BCUT2D eigenvalue weighted by Crippen LogP contribution is -2.33. The van der Waals surface area contributed by atoms with Crippen LogP contribution in [0, 0.1) is 13.8 Å². The van der Waals surface area contributed by atoms with E-state index in [0.717, 1.165) is 18.2 Å². The summed E-state index contributed by atoms with van der Waals surface area (Å²) in [6, 6.07) is 13.4. The van der Waals surface area contributed by atoms with Crippen molar-refractivity contribution in [1.29, 1.82) is 0 Å². The number of rotatable bonds is 6. The van der Waals surface area contributed by atoms with Crippen molar-refractivity contribution in [3.05, 3.63) is 70.8 Å². The summed E-state index contributed by atoms with van der Waals surface area (Å²) in [5.41, 5.74) is 2.61. The number of hydrogen-bond acceptors (Lipinski definition) is 6. The zero-order valence-electron chi connectivity index (χ0n) is 14.9. The highest BCUT2D eigenvalue weighted by Gasteiger charge is 2.26. The summed E-state index contributed by atoms with van der Waals surface area (Å²) < 4.78 is 14.9. The molecule has 0 saturated heterocycles. The molecular formula is C20H20O6. The highest BCUT2D eigenvalue weighted by Crippen LogP contribution is 2.10. The van der Waals surface area contributed by atoms with Crippen molar-refractivity contribution in [2.75, 3.05) is 13.7 Å². The van der Waals surface area contributed by atoms with E-state index in [0.29, 0.717) is 5.56 Å². The Hall–Kier alpha value is -3.15. The Kier molecular flexibility index (Phi) is 6.49. The Morgan fingerprint density at radius 2 is 1.27 bits per heavy atom. The summed E-state index contributed by atoms with van der Waals surface area (Å²) in [5.74, 6) is -2.13. The summed E-state index contributed by atoms with van der Waals surface area (Å²) in [7, 11) is 1.16. The molecule has 0 amide bonds. The Morgan fingerprint density at radius 1 is 0.808 bits per heavy atom. The quantitative estimate of drug-likeness (QED) is 0.585. The van der Waals surface area contributed by atoms with E-state index in [1.807, 2.05) is 13.8 Å². The van der Waals surface area contributed by atoms with Crippen LogP contribution in [0.1, 0.15) is 31.8 Å². The van der Waals surface area contributed by atoms with Gasteiger partial charge in [-0.15, -0.1) is 0 Å². The van der Waals surface area contributed by atoms with Gasteiger partial charge in [0, 0.05) is 0 Å². The van der Waals surface area contributed by atoms with Crippen LogP contribution in [0.5, 0.6) is 0 Å². The minimum absolute atomic E-state index is 0.286. The largest absolute Gasteiger partial charge is 0.466 e. The van der Waals surface area contributed by atoms with Gasteiger partial charge in [-0.25, -0.2) is 14.4 Å². The molecule has 0 aromatic heterocycles. The Morgan fingerprint density at radius 3 is 1.73 bits per heavy atom. The van der Waals surface area contributed by atoms with Crippen LogP contribution in [0.4, 0.5) is 0 Å². The molecule has 0 N–H and O–H groups in total. The fraction of sp³-hybridized carbons (Fsp3) is 0.250. The molecule has 0 spiro atoms. The summed E-state index contributed by atoms with van der Waals surface area (Å²) in [6.45, 7) is 3.35. The summed E-state index contributed by atoms with van der Waals surface area (Å²) in [6.07, 6.45) is -1.34.